The minimum atomic E-state index is -4.55. The van der Waals surface area contributed by atoms with Crippen molar-refractivity contribution in [2.75, 3.05) is 13.1 Å². The monoisotopic (exact) mass is 434 g/mol. The molecule has 0 radical (unpaired) electrons. The molecule has 31 heavy (non-hydrogen) atoms. The molecule has 10 heteroatoms. The summed E-state index contributed by atoms with van der Waals surface area (Å²) in [6.07, 6.45) is -3.14. The maximum absolute atomic E-state index is 13.2. The van der Waals surface area contributed by atoms with Crippen LogP contribution >= 0.6 is 0 Å². The van der Waals surface area contributed by atoms with Gasteiger partial charge in [-0.05, 0) is 31.2 Å². The van der Waals surface area contributed by atoms with Gasteiger partial charge in [0, 0.05) is 11.8 Å². The van der Waals surface area contributed by atoms with Gasteiger partial charge in [0.25, 0.3) is 5.91 Å². The van der Waals surface area contributed by atoms with Crippen molar-refractivity contribution in [3.63, 3.8) is 0 Å². The van der Waals surface area contributed by atoms with Crippen molar-refractivity contribution in [3.8, 4) is 16.9 Å². The molecule has 0 saturated carbocycles. The molecule has 0 unspecified atom stereocenters. The Morgan fingerprint density at radius 2 is 1.65 bits per heavy atom. The molecule has 2 amide bonds. The number of hydrogen-bond acceptors (Lipinski definition) is 3. The van der Waals surface area contributed by atoms with Gasteiger partial charge < -0.3 is 10.6 Å². The summed E-state index contributed by atoms with van der Waals surface area (Å²) in [6, 6.07) is 12.6. The first-order chi connectivity index (χ1) is 14.6. The lowest BCUT2D eigenvalue weighted by Crippen LogP contribution is -2.40. The first kappa shape index (κ1) is 22.0. The Kier molecular flexibility index (Phi) is 6.38. The van der Waals surface area contributed by atoms with Crippen LogP contribution in [0, 0.1) is 12.7 Å². The van der Waals surface area contributed by atoms with Crippen LogP contribution < -0.4 is 10.6 Å². The Morgan fingerprint density at radius 1 is 1.00 bits per heavy atom. The molecule has 1 heterocycles. The zero-order valence-corrected chi connectivity index (χ0v) is 16.3. The number of hydrogen-bond donors (Lipinski definition) is 2. The van der Waals surface area contributed by atoms with Gasteiger partial charge >= 0.3 is 6.18 Å². The van der Waals surface area contributed by atoms with Gasteiger partial charge in [0.15, 0.2) is 0 Å². The summed E-state index contributed by atoms with van der Waals surface area (Å²) in [5.74, 6) is -2.10. The summed E-state index contributed by atoms with van der Waals surface area (Å²) in [5, 5.41) is 8.39. The normalized spacial score (nSPS) is 11.3. The Bertz CT molecular complexity index is 1070. The van der Waals surface area contributed by atoms with Gasteiger partial charge in [-0.15, -0.1) is 0 Å². The summed E-state index contributed by atoms with van der Waals surface area (Å²) < 4.78 is 51.2. The van der Waals surface area contributed by atoms with Crippen LogP contribution in [0.2, 0.25) is 0 Å². The van der Waals surface area contributed by atoms with Gasteiger partial charge in [-0.3, -0.25) is 9.59 Å². The van der Waals surface area contributed by atoms with E-state index in [1.54, 1.807) is 17.4 Å². The second-order valence-electron chi connectivity index (χ2n) is 6.75. The van der Waals surface area contributed by atoms with Crippen LogP contribution in [0.3, 0.4) is 0 Å². The first-order valence-electron chi connectivity index (χ1n) is 9.17. The Labute approximate surface area is 174 Å². The molecule has 2 aromatic carbocycles. The fourth-order valence-corrected chi connectivity index (χ4v) is 2.71. The van der Waals surface area contributed by atoms with Crippen molar-refractivity contribution in [1.29, 1.82) is 0 Å². The molecule has 0 aliphatic heterocycles. The molecule has 0 spiro atoms. The smallest absolute Gasteiger partial charge is 0.345 e. The fourth-order valence-electron chi connectivity index (χ4n) is 2.71. The van der Waals surface area contributed by atoms with Gasteiger partial charge in [-0.1, -0.05) is 29.8 Å². The Hall–Kier alpha value is -3.69. The predicted molar refractivity (Wildman–Crippen MR) is 105 cm³/mol. The highest BCUT2D eigenvalue weighted by atomic mass is 19.4. The van der Waals surface area contributed by atoms with Gasteiger partial charge in [-0.2, -0.15) is 18.3 Å². The van der Waals surface area contributed by atoms with Crippen molar-refractivity contribution in [2.45, 2.75) is 13.1 Å². The first-order valence-corrected chi connectivity index (χ1v) is 9.17. The van der Waals surface area contributed by atoms with E-state index < -0.39 is 36.9 Å². The number of carbonyl (C=O) groups excluding carboxylic acids is 2. The highest BCUT2D eigenvalue weighted by molar-refractivity contribution is 6.01. The average Bonchev–Trinajstić information content (AvgIpc) is 3.16. The summed E-state index contributed by atoms with van der Waals surface area (Å²) in [4.78, 5) is 24.3. The van der Waals surface area contributed by atoms with E-state index in [1.165, 1.54) is 35.1 Å². The molecule has 3 aromatic rings. The van der Waals surface area contributed by atoms with Crippen LogP contribution in [0.5, 0.6) is 0 Å². The molecule has 0 fully saturated rings. The number of nitrogens with zero attached hydrogens (tertiary/aromatic N) is 2. The molecule has 0 saturated heterocycles. The molecule has 1 aromatic heterocycles. The number of alkyl halides is 3. The predicted octanol–water partition coefficient (Wildman–Crippen LogP) is 3.40. The maximum atomic E-state index is 13.2. The summed E-state index contributed by atoms with van der Waals surface area (Å²) in [6.45, 7) is -0.225. The summed E-state index contributed by atoms with van der Waals surface area (Å²) in [5.41, 5.74) is 2.53. The van der Waals surface area contributed by atoms with Gasteiger partial charge in [0.2, 0.25) is 5.91 Å². The quantitative estimate of drug-likeness (QED) is 0.584. The van der Waals surface area contributed by atoms with E-state index in [9.17, 15) is 27.2 Å². The van der Waals surface area contributed by atoms with E-state index in [0.29, 0.717) is 16.9 Å². The van der Waals surface area contributed by atoms with Crippen LogP contribution in [0.1, 0.15) is 15.9 Å². The molecule has 6 nitrogen and oxygen atoms in total. The lowest BCUT2D eigenvalue weighted by atomic mass is 10.1. The Morgan fingerprint density at radius 3 is 2.26 bits per heavy atom. The van der Waals surface area contributed by atoms with Crippen LogP contribution in [0.15, 0.2) is 54.7 Å². The number of halogens is 4. The van der Waals surface area contributed by atoms with E-state index in [4.69, 9.17) is 0 Å². The van der Waals surface area contributed by atoms with Gasteiger partial charge in [0.05, 0.1) is 17.8 Å². The topological polar surface area (TPSA) is 76.0 Å². The van der Waals surface area contributed by atoms with E-state index in [2.05, 4.69) is 10.4 Å². The van der Waals surface area contributed by atoms with E-state index in [1.807, 2.05) is 19.1 Å². The van der Waals surface area contributed by atoms with Crippen molar-refractivity contribution in [2.24, 2.45) is 0 Å². The number of rotatable bonds is 6. The molecular formula is C21H18F4N4O2. The lowest BCUT2D eigenvalue weighted by Gasteiger charge is -2.09. The average molecular weight is 434 g/mol. The largest absolute Gasteiger partial charge is 0.405 e. The molecule has 162 valence electrons. The van der Waals surface area contributed by atoms with Crippen LogP contribution in [0.25, 0.3) is 16.9 Å². The fraction of sp³-hybridized carbons (Fsp3) is 0.190. The zero-order valence-electron chi connectivity index (χ0n) is 16.3. The van der Waals surface area contributed by atoms with Crippen LogP contribution in [0.4, 0.5) is 17.6 Å². The van der Waals surface area contributed by atoms with E-state index in [0.717, 1.165) is 5.56 Å². The number of aromatic nitrogens is 2. The van der Waals surface area contributed by atoms with Crippen LogP contribution in [-0.2, 0) is 4.79 Å². The third-order valence-corrected chi connectivity index (χ3v) is 4.27. The maximum Gasteiger partial charge on any atom is 0.405 e. The number of aryl methyl sites for hydroxylation is 1. The second-order valence-corrected chi connectivity index (χ2v) is 6.75. The molecule has 0 aliphatic rings. The molecule has 3 rings (SSSR count). The van der Waals surface area contributed by atoms with Crippen molar-refractivity contribution in [3.05, 3.63) is 71.7 Å². The highest BCUT2D eigenvalue weighted by Crippen LogP contribution is 2.24. The van der Waals surface area contributed by atoms with Crippen molar-refractivity contribution >= 4 is 11.8 Å². The highest BCUT2D eigenvalue weighted by Gasteiger charge is 2.28. The minimum absolute atomic E-state index is 0.108. The SMILES string of the molecule is Cc1ccc(-c2nn(-c3ccc(F)cc3)cc2C(=O)NCC(=O)NCC(F)(F)F)cc1. The molecular weight excluding hydrogens is 416 g/mol. The molecule has 0 atom stereocenters. The number of carbonyl (C=O) groups is 2. The van der Waals surface area contributed by atoms with E-state index in [-0.39, 0.29) is 5.56 Å². The number of benzene rings is 2. The molecule has 0 aliphatic carbocycles. The number of amides is 2. The standard InChI is InChI=1S/C21H18F4N4O2/c1-13-2-4-14(5-3-13)19-17(11-29(28-19)16-8-6-15(22)7-9-16)20(31)26-10-18(30)27-12-21(23,24)25/h2-9,11H,10,12H2,1H3,(H,26,31)(H,27,30). The number of nitrogens with one attached hydrogen (secondary N) is 2. The van der Waals surface area contributed by atoms with Crippen molar-refractivity contribution in [1.82, 2.24) is 20.4 Å². The minimum Gasteiger partial charge on any atom is -0.345 e. The second kappa shape index (κ2) is 8.99. The Balaban J connectivity index is 1.85. The third kappa shape index (κ3) is 5.91. The molecule has 0 bridgehead atoms. The van der Waals surface area contributed by atoms with Gasteiger partial charge in [0.1, 0.15) is 18.1 Å². The van der Waals surface area contributed by atoms with Crippen molar-refractivity contribution < 1.29 is 27.2 Å². The van der Waals surface area contributed by atoms with Crippen LogP contribution in [-0.4, -0.2) is 40.9 Å². The third-order valence-electron chi connectivity index (χ3n) is 4.27. The van der Waals surface area contributed by atoms with E-state index >= 15 is 0 Å². The lowest BCUT2D eigenvalue weighted by molar-refractivity contribution is -0.137. The van der Waals surface area contributed by atoms with Gasteiger partial charge in [-0.25, -0.2) is 9.07 Å². The molecule has 2 N–H and O–H groups in total. The summed E-state index contributed by atoms with van der Waals surface area (Å²) in [7, 11) is 0. The zero-order chi connectivity index (χ0) is 22.6. The summed E-state index contributed by atoms with van der Waals surface area (Å²) >= 11 is 0.